The zero-order valence-electron chi connectivity index (χ0n) is 14.2. The number of rotatable bonds is 4. The molecule has 1 aromatic rings. The van der Waals surface area contributed by atoms with Crippen LogP contribution in [-0.2, 0) is 13.1 Å². The molecule has 2 aliphatic heterocycles. The smallest absolute Gasteiger partial charge is 0.0225 e. The van der Waals surface area contributed by atoms with Gasteiger partial charge < -0.3 is 14.8 Å². The van der Waals surface area contributed by atoms with E-state index in [0.717, 1.165) is 25.2 Å². The highest BCUT2D eigenvalue weighted by molar-refractivity contribution is 5.26. The summed E-state index contributed by atoms with van der Waals surface area (Å²) in [5.41, 5.74) is 4.32. The van der Waals surface area contributed by atoms with Crippen molar-refractivity contribution in [1.29, 1.82) is 0 Å². The second-order valence-electron chi connectivity index (χ2n) is 7.09. The zero-order chi connectivity index (χ0) is 15.0. The number of aromatic nitrogens is 1. The molecule has 3 nitrogen and oxygen atoms in total. The predicted octanol–water partition coefficient (Wildman–Crippen LogP) is 3.23. The van der Waals surface area contributed by atoms with Crippen molar-refractivity contribution < 1.29 is 0 Å². The molecule has 2 unspecified atom stereocenters. The van der Waals surface area contributed by atoms with Crippen LogP contribution in [0, 0.1) is 13.8 Å². The third-order valence-electron chi connectivity index (χ3n) is 5.92. The Hall–Kier alpha value is -0.800. The van der Waals surface area contributed by atoms with Crippen molar-refractivity contribution >= 4 is 0 Å². The van der Waals surface area contributed by atoms with Crippen LogP contribution in [0.1, 0.15) is 56.0 Å². The normalized spacial score (nSPS) is 29.8. The van der Waals surface area contributed by atoms with Crippen LogP contribution in [-0.4, -0.2) is 34.6 Å². The molecule has 2 aliphatic rings. The first-order chi connectivity index (χ1) is 10.1. The maximum Gasteiger partial charge on any atom is 0.0225 e. The Bertz CT molecular complexity index is 477. The number of fused-ring (bicyclic) bond motifs is 2. The minimum atomic E-state index is 0.709. The summed E-state index contributed by atoms with van der Waals surface area (Å²) < 4.78 is 2.42. The lowest BCUT2D eigenvalue weighted by Crippen LogP contribution is -2.54. The van der Waals surface area contributed by atoms with E-state index in [1.54, 1.807) is 0 Å². The Labute approximate surface area is 129 Å². The summed E-state index contributed by atoms with van der Waals surface area (Å²) in [6.45, 7) is 8.83. The fraction of sp³-hybridized carbons (Fsp3) is 0.778. The lowest BCUT2D eigenvalue weighted by Gasteiger charge is -2.47. The standard InChI is InChI=1S/C18H31N3/c1-5-21-13(2)9-15(14(21)3)12-19-16-10-17-7-6-8-18(11-16)20(17)4/h9,16-19H,5-8,10-12H2,1-4H3. The van der Waals surface area contributed by atoms with Crippen LogP contribution in [0.3, 0.4) is 0 Å². The molecule has 1 aromatic heterocycles. The summed E-state index contributed by atoms with van der Waals surface area (Å²) in [6, 6.07) is 4.71. The van der Waals surface area contributed by atoms with Crippen LogP contribution in [0.4, 0.5) is 0 Å². The van der Waals surface area contributed by atoms with E-state index in [-0.39, 0.29) is 0 Å². The number of nitrogens with zero attached hydrogens (tertiary/aromatic N) is 2. The highest BCUT2D eigenvalue weighted by Gasteiger charge is 2.35. The van der Waals surface area contributed by atoms with Gasteiger partial charge in [0.05, 0.1) is 0 Å². The topological polar surface area (TPSA) is 20.2 Å². The van der Waals surface area contributed by atoms with Crippen molar-refractivity contribution in [2.24, 2.45) is 0 Å². The fourth-order valence-corrected chi connectivity index (χ4v) is 4.57. The predicted molar refractivity (Wildman–Crippen MR) is 88.6 cm³/mol. The Morgan fingerprint density at radius 2 is 1.86 bits per heavy atom. The van der Waals surface area contributed by atoms with Gasteiger partial charge >= 0.3 is 0 Å². The summed E-state index contributed by atoms with van der Waals surface area (Å²) in [5, 5.41) is 3.85. The van der Waals surface area contributed by atoms with Gasteiger partial charge in [0.1, 0.15) is 0 Å². The number of hydrogen-bond donors (Lipinski definition) is 1. The van der Waals surface area contributed by atoms with Crippen molar-refractivity contribution in [1.82, 2.24) is 14.8 Å². The summed E-state index contributed by atoms with van der Waals surface area (Å²) in [4.78, 5) is 2.64. The van der Waals surface area contributed by atoms with E-state index < -0.39 is 0 Å². The summed E-state index contributed by atoms with van der Waals surface area (Å²) in [7, 11) is 2.33. The number of aryl methyl sites for hydroxylation is 1. The van der Waals surface area contributed by atoms with Crippen LogP contribution in [0.15, 0.2) is 6.07 Å². The number of hydrogen-bond acceptors (Lipinski definition) is 2. The van der Waals surface area contributed by atoms with Gasteiger partial charge in [0.2, 0.25) is 0 Å². The average Bonchev–Trinajstić information content (AvgIpc) is 2.71. The molecule has 0 saturated carbocycles. The average molecular weight is 289 g/mol. The lowest BCUT2D eigenvalue weighted by molar-refractivity contribution is 0.0482. The van der Waals surface area contributed by atoms with E-state index in [1.807, 2.05) is 0 Å². The highest BCUT2D eigenvalue weighted by atomic mass is 15.2. The Morgan fingerprint density at radius 1 is 1.19 bits per heavy atom. The maximum atomic E-state index is 3.85. The van der Waals surface area contributed by atoms with E-state index in [1.165, 1.54) is 49.1 Å². The molecule has 2 bridgehead atoms. The Kier molecular flexibility index (Phi) is 4.41. The van der Waals surface area contributed by atoms with Crippen LogP contribution < -0.4 is 5.32 Å². The molecule has 3 heterocycles. The van der Waals surface area contributed by atoms with Gasteiger partial charge in [-0.15, -0.1) is 0 Å². The largest absolute Gasteiger partial charge is 0.349 e. The highest BCUT2D eigenvalue weighted by Crippen LogP contribution is 2.32. The maximum absolute atomic E-state index is 3.85. The van der Waals surface area contributed by atoms with E-state index in [9.17, 15) is 0 Å². The number of nitrogens with one attached hydrogen (secondary N) is 1. The van der Waals surface area contributed by atoms with Crippen LogP contribution in [0.25, 0.3) is 0 Å². The monoisotopic (exact) mass is 289 g/mol. The van der Waals surface area contributed by atoms with Crippen molar-refractivity contribution in [3.63, 3.8) is 0 Å². The van der Waals surface area contributed by atoms with Crippen LogP contribution in [0.5, 0.6) is 0 Å². The summed E-state index contributed by atoms with van der Waals surface area (Å²) in [6.07, 6.45) is 6.90. The molecule has 0 amide bonds. The third-order valence-corrected chi connectivity index (χ3v) is 5.92. The molecule has 0 aliphatic carbocycles. The van der Waals surface area contributed by atoms with Gasteiger partial charge in [-0.1, -0.05) is 6.42 Å². The molecule has 0 aromatic carbocycles. The Morgan fingerprint density at radius 3 is 2.43 bits per heavy atom. The van der Waals surface area contributed by atoms with Gasteiger partial charge in [-0.3, -0.25) is 0 Å². The quantitative estimate of drug-likeness (QED) is 0.918. The molecule has 2 fully saturated rings. The molecule has 2 saturated heterocycles. The SMILES string of the molecule is CCn1c(C)cc(CNC2CC3CCCC(C2)N3C)c1C. The van der Waals surface area contributed by atoms with E-state index in [2.05, 4.69) is 48.7 Å². The first-order valence-corrected chi connectivity index (χ1v) is 8.71. The molecule has 0 spiro atoms. The molecular weight excluding hydrogens is 258 g/mol. The molecule has 3 rings (SSSR count). The molecule has 2 atom stereocenters. The molecule has 1 N–H and O–H groups in total. The van der Waals surface area contributed by atoms with Gasteiger partial charge in [0, 0.05) is 42.6 Å². The summed E-state index contributed by atoms with van der Waals surface area (Å²) in [5.74, 6) is 0. The molecule has 21 heavy (non-hydrogen) atoms. The van der Waals surface area contributed by atoms with Gasteiger partial charge in [0.25, 0.3) is 0 Å². The molecule has 3 heteroatoms. The fourth-order valence-electron chi connectivity index (χ4n) is 4.57. The van der Waals surface area contributed by atoms with Gasteiger partial charge in [-0.2, -0.15) is 0 Å². The molecule has 118 valence electrons. The minimum absolute atomic E-state index is 0.709. The Balaban J connectivity index is 1.61. The van der Waals surface area contributed by atoms with Crippen LogP contribution in [0.2, 0.25) is 0 Å². The van der Waals surface area contributed by atoms with Crippen molar-refractivity contribution in [2.45, 2.75) is 84.1 Å². The van der Waals surface area contributed by atoms with Crippen molar-refractivity contribution in [3.8, 4) is 0 Å². The third kappa shape index (κ3) is 2.91. The van der Waals surface area contributed by atoms with Crippen LogP contribution >= 0.6 is 0 Å². The van der Waals surface area contributed by atoms with Gasteiger partial charge in [-0.05, 0) is 65.1 Å². The van der Waals surface area contributed by atoms with Crippen molar-refractivity contribution in [3.05, 3.63) is 23.0 Å². The first kappa shape index (κ1) is 15.1. The number of piperidine rings is 2. The summed E-state index contributed by atoms with van der Waals surface area (Å²) >= 11 is 0. The lowest BCUT2D eigenvalue weighted by atomic mass is 9.82. The van der Waals surface area contributed by atoms with Gasteiger partial charge in [-0.25, -0.2) is 0 Å². The first-order valence-electron chi connectivity index (χ1n) is 8.71. The van der Waals surface area contributed by atoms with E-state index in [0.29, 0.717) is 6.04 Å². The molecular formula is C18H31N3. The minimum Gasteiger partial charge on any atom is -0.349 e. The van der Waals surface area contributed by atoms with E-state index in [4.69, 9.17) is 0 Å². The molecule has 0 radical (unpaired) electrons. The second kappa shape index (κ2) is 6.13. The zero-order valence-corrected chi connectivity index (χ0v) is 14.2. The second-order valence-corrected chi connectivity index (χ2v) is 7.09. The van der Waals surface area contributed by atoms with Gasteiger partial charge in [0.15, 0.2) is 0 Å². The van der Waals surface area contributed by atoms with Crippen molar-refractivity contribution in [2.75, 3.05) is 7.05 Å². The van der Waals surface area contributed by atoms with E-state index >= 15 is 0 Å².